The standard InChI is InChI=1S/C9H17N3O/c1-5-7-13-12-9(4)8(3)11-10-6-2/h6H,5,7H2,1-4H3/b10-6+,11-8+,12-9-. The van der Waals surface area contributed by atoms with Crippen molar-refractivity contribution in [2.45, 2.75) is 34.1 Å². The predicted molar refractivity (Wildman–Crippen MR) is 56.6 cm³/mol. The summed E-state index contributed by atoms with van der Waals surface area (Å²) in [5.74, 6) is 0. The first kappa shape index (κ1) is 11.8. The van der Waals surface area contributed by atoms with Crippen molar-refractivity contribution in [1.29, 1.82) is 0 Å². The van der Waals surface area contributed by atoms with Crippen LogP contribution in [-0.4, -0.2) is 24.2 Å². The Morgan fingerprint density at radius 2 is 2.00 bits per heavy atom. The van der Waals surface area contributed by atoms with E-state index in [0.717, 1.165) is 17.8 Å². The van der Waals surface area contributed by atoms with Crippen molar-refractivity contribution in [2.24, 2.45) is 15.4 Å². The molecular formula is C9H17N3O. The van der Waals surface area contributed by atoms with Crippen LogP contribution in [0, 0.1) is 0 Å². The van der Waals surface area contributed by atoms with Crippen molar-refractivity contribution in [3.8, 4) is 0 Å². The van der Waals surface area contributed by atoms with Gasteiger partial charge in [0.1, 0.15) is 6.61 Å². The molecule has 4 heteroatoms. The summed E-state index contributed by atoms with van der Waals surface area (Å²) in [6.45, 7) is 8.19. The molecule has 0 aromatic carbocycles. The van der Waals surface area contributed by atoms with E-state index < -0.39 is 0 Å². The molecule has 0 rings (SSSR count). The van der Waals surface area contributed by atoms with Crippen molar-refractivity contribution in [3.63, 3.8) is 0 Å². The van der Waals surface area contributed by atoms with Gasteiger partial charge in [-0.25, -0.2) is 0 Å². The summed E-state index contributed by atoms with van der Waals surface area (Å²) in [6, 6.07) is 0. The average Bonchev–Trinajstić information content (AvgIpc) is 2.14. The van der Waals surface area contributed by atoms with Gasteiger partial charge in [-0.05, 0) is 27.2 Å². The molecule has 0 unspecified atom stereocenters. The SMILES string of the molecule is C/C=N/N=C(C)/C(C)=N\OCCC. The maximum atomic E-state index is 5.00. The molecule has 0 aromatic heterocycles. The summed E-state index contributed by atoms with van der Waals surface area (Å²) in [5.41, 5.74) is 1.54. The number of hydrogen-bond donors (Lipinski definition) is 0. The summed E-state index contributed by atoms with van der Waals surface area (Å²) < 4.78 is 0. The van der Waals surface area contributed by atoms with Crippen LogP contribution in [-0.2, 0) is 4.84 Å². The molecular weight excluding hydrogens is 166 g/mol. The van der Waals surface area contributed by atoms with Gasteiger partial charge in [0.25, 0.3) is 0 Å². The van der Waals surface area contributed by atoms with Crippen LogP contribution in [0.25, 0.3) is 0 Å². The number of rotatable bonds is 5. The lowest BCUT2D eigenvalue weighted by Crippen LogP contribution is -2.06. The Morgan fingerprint density at radius 1 is 1.31 bits per heavy atom. The molecule has 0 aliphatic carbocycles. The fraction of sp³-hybridized carbons (Fsp3) is 0.667. The third kappa shape index (κ3) is 6.02. The molecule has 0 aromatic rings. The zero-order valence-corrected chi connectivity index (χ0v) is 8.74. The van der Waals surface area contributed by atoms with Crippen LogP contribution in [0.4, 0.5) is 0 Å². The average molecular weight is 183 g/mol. The molecule has 4 nitrogen and oxygen atoms in total. The van der Waals surface area contributed by atoms with E-state index in [1.165, 1.54) is 0 Å². The summed E-state index contributed by atoms with van der Waals surface area (Å²) in [4.78, 5) is 5.00. The Morgan fingerprint density at radius 3 is 2.54 bits per heavy atom. The predicted octanol–water partition coefficient (Wildman–Crippen LogP) is 2.26. The Hall–Kier alpha value is -1.19. The molecule has 74 valence electrons. The quantitative estimate of drug-likeness (QED) is 0.366. The first-order valence-corrected chi connectivity index (χ1v) is 4.41. The van der Waals surface area contributed by atoms with E-state index in [-0.39, 0.29) is 0 Å². The van der Waals surface area contributed by atoms with Crippen LogP contribution in [0.3, 0.4) is 0 Å². The van der Waals surface area contributed by atoms with E-state index in [1.54, 1.807) is 6.21 Å². The van der Waals surface area contributed by atoms with Gasteiger partial charge in [0.2, 0.25) is 0 Å². The van der Waals surface area contributed by atoms with Gasteiger partial charge in [-0.3, -0.25) is 0 Å². The summed E-state index contributed by atoms with van der Waals surface area (Å²) in [7, 11) is 0. The topological polar surface area (TPSA) is 46.3 Å². The van der Waals surface area contributed by atoms with E-state index in [0.29, 0.717) is 6.61 Å². The fourth-order valence-corrected chi connectivity index (χ4v) is 0.517. The molecule has 0 bridgehead atoms. The van der Waals surface area contributed by atoms with Crippen molar-refractivity contribution in [3.05, 3.63) is 0 Å². The molecule has 0 aliphatic heterocycles. The van der Waals surface area contributed by atoms with E-state index in [1.807, 2.05) is 27.7 Å². The van der Waals surface area contributed by atoms with Crippen molar-refractivity contribution >= 4 is 17.6 Å². The summed E-state index contributed by atoms with van der Waals surface area (Å²) in [5, 5.41) is 11.5. The Balaban J connectivity index is 4.07. The molecule has 13 heavy (non-hydrogen) atoms. The van der Waals surface area contributed by atoms with E-state index in [4.69, 9.17) is 4.84 Å². The molecule has 0 saturated carbocycles. The smallest absolute Gasteiger partial charge is 0.116 e. The van der Waals surface area contributed by atoms with Crippen LogP contribution in [0.1, 0.15) is 34.1 Å². The molecule has 0 saturated heterocycles. The van der Waals surface area contributed by atoms with E-state index in [2.05, 4.69) is 15.4 Å². The molecule has 0 spiro atoms. The minimum atomic E-state index is 0.641. The van der Waals surface area contributed by atoms with Gasteiger partial charge in [-0.15, -0.1) is 0 Å². The maximum absolute atomic E-state index is 5.00. The zero-order chi connectivity index (χ0) is 10.1. The number of oxime groups is 1. The lowest BCUT2D eigenvalue weighted by Gasteiger charge is -1.98. The monoisotopic (exact) mass is 183 g/mol. The van der Waals surface area contributed by atoms with Gasteiger partial charge >= 0.3 is 0 Å². The lowest BCUT2D eigenvalue weighted by molar-refractivity contribution is 0.145. The summed E-state index contributed by atoms with van der Waals surface area (Å²) in [6.07, 6.45) is 2.59. The molecule has 0 fully saturated rings. The largest absolute Gasteiger partial charge is 0.396 e. The van der Waals surface area contributed by atoms with Crippen molar-refractivity contribution in [2.75, 3.05) is 6.61 Å². The minimum Gasteiger partial charge on any atom is -0.396 e. The third-order valence-corrected chi connectivity index (χ3v) is 1.34. The van der Waals surface area contributed by atoms with Crippen molar-refractivity contribution in [1.82, 2.24) is 0 Å². The molecule has 0 atom stereocenters. The van der Waals surface area contributed by atoms with Crippen LogP contribution < -0.4 is 0 Å². The lowest BCUT2D eigenvalue weighted by atomic mass is 10.3. The van der Waals surface area contributed by atoms with Gasteiger partial charge in [-0.2, -0.15) is 10.2 Å². The molecule has 0 N–H and O–H groups in total. The molecule has 0 amide bonds. The highest BCUT2D eigenvalue weighted by atomic mass is 16.6. The first-order valence-electron chi connectivity index (χ1n) is 4.41. The summed E-state index contributed by atoms with van der Waals surface area (Å²) >= 11 is 0. The van der Waals surface area contributed by atoms with Gasteiger partial charge in [0.15, 0.2) is 0 Å². The van der Waals surface area contributed by atoms with Gasteiger partial charge < -0.3 is 4.84 Å². The maximum Gasteiger partial charge on any atom is 0.116 e. The second-order valence-electron chi connectivity index (χ2n) is 2.57. The molecule has 0 aliphatic rings. The Bertz CT molecular complexity index is 219. The second-order valence-corrected chi connectivity index (χ2v) is 2.57. The van der Waals surface area contributed by atoms with Crippen LogP contribution in [0.15, 0.2) is 15.4 Å². The highest BCUT2D eigenvalue weighted by Gasteiger charge is 1.95. The Labute approximate surface area is 79.4 Å². The molecule has 0 radical (unpaired) electrons. The van der Waals surface area contributed by atoms with Gasteiger partial charge in [-0.1, -0.05) is 12.1 Å². The van der Waals surface area contributed by atoms with Crippen molar-refractivity contribution < 1.29 is 4.84 Å². The normalized spacial score (nSPS) is 13.8. The second kappa shape index (κ2) is 7.46. The van der Waals surface area contributed by atoms with E-state index >= 15 is 0 Å². The Kier molecular flexibility index (Phi) is 6.78. The van der Waals surface area contributed by atoms with Crippen LogP contribution >= 0.6 is 0 Å². The van der Waals surface area contributed by atoms with E-state index in [9.17, 15) is 0 Å². The number of hydrogen-bond acceptors (Lipinski definition) is 4. The highest BCUT2D eigenvalue weighted by molar-refractivity contribution is 6.40. The third-order valence-electron chi connectivity index (χ3n) is 1.34. The minimum absolute atomic E-state index is 0.641. The first-order chi connectivity index (χ1) is 6.22. The highest BCUT2D eigenvalue weighted by Crippen LogP contribution is 1.88. The molecule has 0 heterocycles. The number of nitrogens with zero attached hydrogens (tertiary/aromatic N) is 3. The zero-order valence-electron chi connectivity index (χ0n) is 8.74. The fourth-order valence-electron chi connectivity index (χ4n) is 0.517. The van der Waals surface area contributed by atoms with Crippen LogP contribution in [0.2, 0.25) is 0 Å². The van der Waals surface area contributed by atoms with Gasteiger partial charge in [0.05, 0.1) is 11.4 Å². The van der Waals surface area contributed by atoms with Crippen LogP contribution in [0.5, 0.6) is 0 Å². The van der Waals surface area contributed by atoms with Gasteiger partial charge in [0, 0.05) is 6.21 Å².